The lowest BCUT2D eigenvalue weighted by Crippen LogP contribution is -2.40. The Morgan fingerprint density at radius 1 is 1.45 bits per heavy atom. The lowest BCUT2D eigenvalue weighted by atomic mass is 9.92. The van der Waals surface area contributed by atoms with Gasteiger partial charge in [-0.2, -0.15) is 18.6 Å². The van der Waals surface area contributed by atoms with Crippen LogP contribution in [0.25, 0.3) is 0 Å². The number of piperidine rings is 1. The van der Waals surface area contributed by atoms with E-state index in [1.165, 1.54) is 12.3 Å². The first-order chi connectivity index (χ1) is 9.37. The second kappa shape index (κ2) is 5.63. The van der Waals surface area contributed by atoms with Gasteiger partial charge in [-0.15, -0.1) is 0 Å². The SMILES string of the molecule is CS(=O)(=O)OCc1ccnnc1C1CCC(=O)NC1=O. The summed E-state index contributed by atoms with van der Waals surface area (Å²) in [5, 5.41) is 9.80. The lowest BCUT2D eigenvalue weighted by molar-refractivity contribution is -0.134. The maximum Gasteiger partial charge on any atom is 0.264 e. The molecule has 1 unspecified atom stereocenters. The van der Waals surface area contributed by atoms with Crippen molar-refractivity contribution in [1.29, 1.82) is 0 Å². The van der Waals surface area contributed by atoms with Crippen molar-refractivity contribution in [2.24, 2.45) is 0 Å². The van der Waals surface area contributed by atoms with Crippen molar-refractivity contribution >= 4 is 21.9 Å². The van der Waals surface area contributed by atoms with E-state index in [2.05, 4.69) is 15.5 Å². The summed E-state index contributed by atoms with van der Waals surface area (Å²) < 4.78 is 26.7. The Hall–Kier alpha value is -1.87. The minimum Gasteiger partial charge on any atom is -0.296 e. The predicted molar refractivity (Wildman–Crippen MR) is 66.8 cm³/mol. The molecule has 2 rings (SSSR count). The zero-order chi connectivity index (χ0) is 14.8. The quantitative estimate of drug-likeness (QED) is 0.587. The highest BCUT2D eigenvalue weighted by molar-refractivity contribution is 7.85. The zero-order valence-corrected chi connectivity index (χ0v) is 11.5. The number of hydrogen-bond acceptors (Lipinski definition) is 7. The smallest absolute Gasteiger partial charge is 0.264 e. The molecule has 0 spiro atoms. The van der Waals surface area contributed by atoms with Crippen LogP contribution in [-0.2, 0) is 30.5 Å². The largest absolute Gasteiger partial charge is 0.296 e. The van der Waals surface area contributed by atoms with Crippen LogP contribution in [0.15, 0.2) is 12.3 Å². The molecule has 1 aromatic rings. The number of carbonyl (C=O) groups excluding carboxylic acids is 2. The average molecular weight is 299 g/mol. The van der Waals surface area contributed by atoms with Gasteiger partial charge in [0.25, 0.3) is 10.1 Å². The van der Waals surface area contributed by atoms with Crippen LogP contribution in [0.5, 0.6) is 0 Å². The molecule has 8 nitrogen and oxygen atoms in total. The van der Waals surface area contributed by atoms with Crippen LogP contribution < -0.4 is 5.32 Å². The third kappa shape index (κ3) is 3.58. The summed E-state index contributed by atoms with van der Waals surface area (Å²) in [7, 11) is -3.59. The van der Waals surface area contributed by atoms with Crippen molar-refractivity contribution in [1.82, 2.24) is 15.5 Å². The molecule has 0 aliphatic carbocycles. The number of hydrogen-bond donors (Lipinski definition) is 1. The molecule has 2 heterocycles. The van der Waals surface area contributed by atoms with Crippen LogP contribution in [0.2, 0.25) is 0 Å². The van der Waals surface area contributed by atoms with E-state index < -0.39 is 21.9 Å². The molecule has 1 aliphatic heterocycles. The number of imide groups is 1. The van der Waals surface area contributed by atoms with Gasteiger partial charge in [-0.25, -0.2) is 0 Å². The molecular formula is C11H13N3O5S. The van der Waals surface area contributed by atoms with Crippen molar-refractivity contribution in [3.63, 3.8) is 0 Å². The van der Waals surface area contributed by atoms with Crippen molar-refractivity contribution in [3.05, 3.63) is 23.5 Å². The Balaban J connectivity index is 2.23. The van der Waals surface area contributed by atoms with E-state index in [4.69, 9.17) is 4.18 Å². The third-order valence-corrected chi connectivity index (χ3v) is 3.38. The molecular weight excluding hydrogens is 286 g/mol. The fourth-order valence-electron chi connectivity index (χ4n) is 1.91. The molecule has 0 saturated carbocycles. The average Bonchev–Trinajstić information content (AvgIpc) is 2.36. The fraction of sp³-hybridized carbons (Fsp3) is 0.455. The minimum absolute atomic E-state index is 0.208. The first-order valence-corrected chi connectivity index (χ1v) is 7.67. The molecule has 0 radical (unpaired) electrons. The van der Waals surface area contributed by atoms with Crippen LogP contribution in [0, 0.1) is 0 Å². The van der Waals surface area contributed by atoms with Gasteiger partial charge >= 0.3 is 0 Å². The molecule has 9 heteroatoms. The van der Waals surface area contributed by atoms with Gasteiger partial charge < -0.3 is 0 Å². The van der Waals surface area contributed by atoms with Crippen LogP contribution in [0.1, 0.15) is 30.0 Å². The van der Waals surface area contributed by atoms with Gasteiger partial charge in [-0.1, -0.05) is 0 Å². The van der Waals surface area contributed by atoms with Gasteiger partial charge in [0.2, 0.25) is 11.8 Å². The molecule has 1 aliphatic rings. The summed E-state index contributed by atoms with van der Waals surface area (Å²) in [6.07, 6.45) is 2.85. The molecule has 108 valence electrons. The highest BCUT2D eigenvalue weighted by Gasteiger charge is 2.31. The minimum atomic E-state index is -3.59. The normalized spacial score (nSPS) is 19.8. The summed E-state index contributed by atoms with van der Waals surface area (Å²) in [6.45, 7) is -0.221. The van der Waals surface area contributed by atoms with Crippen molar-refractivity contribution in [2.75, 3.05) is 6.26 Å². The fourth-order valence-corrected chi connectivity index (χ4v) is 2.25. The second-order valence-corrected chi connectivity index (χ2v) is 6.06. The van der Waals surface area contributed by atoms with Gasteiger partial charge in [-0.05, 0) is 12.5 Å². The van der Waals surface area contributed by atoms with E-state index in [9.17, 15) is 18.0 Å². The van der Waals surface area contributed by atoms with Crippen LogP contribution >= 0.6 is 0 Å². The Labute approximate surface area is 115 Å². The maximum atomic E-state index is 11.8. The molecule has 20 heavy (non-hydrogen) atoms. The van der Waals surface area contributed by atoms with E-state index in [0.717, 1.165) is 6.26 Å². The molecule has 0 aromatic carbocycles. The van der Waals surface area contributed by atoms with Gasteiger partial charge in [0.15, 0.2) is 0 Å². The maximum absolute atomic E-state index is 11.8. The second-order valence-electron chi connectivity index (χ2n) is 4.41. The number of rotatable bonds is 4. The zero-order valence-electron chi connectivity index (χ0n) is 10.7. The standard InChI is InChI=1S/C11H13N3O5S/c1-20(17,18)19-6-7-4-5-12-14-10(7)8-2-3-9(15)13-11(8)16/h4-5,8H,2-3,6H2,1H3,(H,13,15,16). The number of nitrogens with one attached hydrogen (secondary N) is 1. The number of amides is 2. The van der Waals surface area contributed by atoms with Crippen LogP contribution in [0.3, 0.4) is 0 Å². The van der Waals surface area contributed by atoms with Gasteiger partial charge in [0, 0.05) is 18.2 Å². The van der Waals surface area contributed by atoms with Crippen molar-refractivity contribution in [3.8, 4) is 0 Å². The summed E-state index contributed by atoms with van der Waals surface area (Å²) in [4.78, 5) is 22.9. The van der Waals surface area contributed by atoms with Crippen molar-refractivity contribution < 1.29 is 22.2 Å². The summed E-state index contributed by atoms with van der Waals surface area (Å²) in [5.74, 6) is -1.41. The third-order valence-electron chi connectivity index (χ3n) is 2.83. The Morgan fingerprint density at radius 2 is 2.20 bits per heavy atom. The van der Waals surface area contributed by atoms with Gasteiger partial charge in [0.1, 0.15) is 0 Å². The predicted octanol–water partition coefficient (Wildman–Crippen LogP) is -0.527. The first kappa shape index (κ1) is 14.5. The molecule has 1 fully saturated rings. The van der Waals surface area contributed by atoms with Gasteiger partial charge in [0.05, 0.1) is 24.5 Å². The summed E-state index contributed by atoms with van der Waals surface area (Å²) >= 11 is 0. The molecule has 2 amide bonds. The van der Waals surface area contributed by atoms with Crippen LogP contribution in [0.4, 0.5) is 0 Å². The molecule has 1 aromatic heterocycles. The number of aromatic nitrogens is 2. The van der Waals surface area contributed by atoms with E-state index in [0.29, 0.717) is 17.7 Å². The number of carbonyl (C=O) groups is 2. The Morgan fingerprint density at radius 3 is 2.85 bits per heavy atom. The Bertz CT molecular complexity index is 643. The highest BCUT2D eigenvalue weighted by Crippen LogP contribution is 2.25. The molecule has 0 bridgehead atoms. The van der Waals surface area contributed by atoms with E-state index in [-0.39, 0.29) is 18.9 Å². The monoisotopic (exact) mass is 299 g/mol. The topological polar surface area (TPSA) is 115 Å². The molecule has 1 atom stereocenters. The Kier molecular flexibility index (Phi) is 4.09. The van der Waals surface area contributed by atoms with Crippen molar-refractivity contribution in [2.45, 2.75) is 25.4 Å². The summed E-state index contributed by atoms with van der Waals surface area (Å²) in [6, 6.07) is 1.54. The lowest BCUT2D eigenvalue weighted by Gasteiger charge is -2.21. The van der Waals surface area contributed by atoms with E-state index in [1.54, 1.807) is 0 Å². The first-order valence-electron chi connectivity index (χ1n) is 5.85. The van der Waals surface area contributed by atoms with Gasteiger partial charge in [-0.3, -0.25) is 19.1 Å². The molecule has 1 saturated heterocycles. The van der Waals surface area contributed by atoms with Crippen LogP contribution in [-0.4, -0.2) is 36.7 Å². The molecule has 1 N–H and O–H groups in total. The highest BCUT2D eigenvalue weighted by atomic mass is 32.2. The van der Waals surface area contributed by atoms with E-state index in [1.807, 2.05) is 0 Å². The van der Waals surface area contributed by atoms with E-state index >= 15 is 0 Å². The number of nitrogens with zero attached hydrogens (tertiary/aromatic N) is 2. The summed E-state index contributed by atoms with van der Waals surface area (Å²) in [5.41, 5.74) is 0.793.